The summed E-state index contributed by atoms with van der Waals surface area (Å²) in [6.07, 6.45) is 5.75. The van der Waals surface area contributed by atoms with Crippen LogP contribution < -0.4 is 5.32 Å². The molecule has 0 spiro atoms. The van der Waals surface area contributed by atoms with Crippen molar-refractivity contribution in [2.75, 3.05) is 6.54 Å². The highest BCUT2D eigenvalue weighted by Crippen LogP contribution is 2.24. The Morgan fingerprint density at radius 2 is 1.75 bits per heavy atom. The van der Waals surface area contributed by atoms with Gasteiger partial charge in [-0.25, -0.2) is 0 Å². The van der Waals surface area contributed by atoms with Crippen LogP contribution in [0.2, 0.25) is 0 Å². The van der Waals surface area contributed by atoms with Crippen LogP contribution in [-0.2, 0) is 17.6 Å². The van der Waals surface area contributed by atoms with E-state index < -0.39 is 5.97 Å². The van der Waals surface area contributed by atoms with Gasteiger partial charge in [0.2, 0.25) is 0 Å². The highest BCUT2D eigenvalue weighted by atomic mass is 16.4. The summed E-state index contributed by atoms with van der Waals surface area (Å²) in [5.41, 5.74) is 2.75. The average Bonchev–Trinajstić information content (AvgIpc) is 2.48. The van der Waals surface area contributed by atoms with Crippen LogP contribution in [0.1, 0.15) is 43.7 Å². The van der Waals surface area contributed by atoms with Crippen molar-refractivity contribution in [3.05, 3.63) is 35.4 Å². The van der Waals surface area contributed by atoms with Gasteiger partial charge in [0.05, 0.1) is 5.92 Å². The first-order chi connectivity index (χ1) is 9.69. The molecular weight excluding hydrogens is 250 g/mol. The topological polar surface area (TPSA) is 49.3 Å². The van der Waals surface area contributed by atoms with Gasteiger partial charge in [0.15, 0.2) is 0 Å². The van der Waals surface area contributed by atoms with Crippen molar-refractivity contribution in [2.45, 2.75) is 51.5 Å². The predicted molar refractivity (Wildman–Crippen MR) is 80.9 cm³/mol. The number of carboxylic acids is 1. The molecule has 1 saturated carbocycles. The van der Waals surface area contributed by atoms with Gasteiger partial charge in [-0.1, -0.05) is 31.2 Å². The second-order valence-electron chi connectivity index (χ2n) is 5.76. The van der Waals surface area contributed by atoms with Crippen molar-refractivity contribution < 1.29 is 9.90 Å². The standard InChI is InChI=1S/C17H25NO2/c1-2-13-3-5-14(6-4-13)11-12-18-16-9-7-15(8-10-16)17(19)20/h3-6,15-16,18H,2,7-12H2,1H3,(H,19,20). The molecule has 110 valence electrons. The Hall–Kier alpha value is -1.35. The predicted octanol–water partition coefficient (Wildman–Crippen LogP) is 3.02. The molecule has 0 bridgehead atoms. The number of aryl methyl sites for hydroxylation is 1. The Labute approximate surface area is 121 Å². The Balaban J connectivity index is 1.67. The summed E-state index contributed by atoms with van der Waals surface area (Å²) in [7, 11) is 0. The van der Waals surface area contributed by atoms with E-state index in [2.05, 4.69) is 36.5 Å². The molecule has 0 aliphatic heterocycles. The zero-order chi connectivity index (χ0) is 14.4. The lowest BCUT2D eigenvalue weighted by Gasteiger charge is -2.27. The van der Waals surface area contributed by atoms with Gasteiger partial charge < -0.3 is 10.4 Å². The maximum atomic E-state index is 10.9. The van der Waals surface area contributed by atoms with Crippen LogP contribution in [0.4, 0.5) is 0 Å². The summed E-state index contributed by atoms with van der Waals surface area (Å²) >= 11 is 0. The zero-order valence-corrected chi connectivity index (χ0v) is 12.3. The molecule has 1 aromatic carbocycles. The number of carboxylic acid groups (broad SMARTS) is 1. The molecular formula is C17H25NO2. The molecule has 0 aromatic heterocycles. The largest absolute Gasteiger partial charge is 0.481 e. The number of nitrogens with one attached hydrogen (secondary N) is 1. The fourth-order valence-electron chi connectivity index (χ4n) is 2.91. The van der Waals surface area contributed by atoms with Gasteiger partial charge in [-0.2, -0.15) is 0 Å². The van der Waals surface area contributed by atoms with E-state index in [-0.39, 0.29) is 5.92 Å². The SMILES string of the molecule is CCc1ccc(CCNC2CCC(C(=O)O)CC2)cc1. The van der Waals surface area contributed by atoms with Gasteiger partial charge >= 0.3 is 5.97 Å². The van der Waals surface area contributed by atoms with Gasteiger partial charge in [0.25, 0.3) is 0 Å². The molecule has 0 unspecified atom stereocenters. The molecule has 3 nitrogen and oxygen atoms in total. The highest BCUT2D eigenvalue weighted by molar-refractivity contribution is 5.70. The monoisotopic (exact) mass is 275 g/mol. The molecule has 0 saturated heterocycles. The van der Waals surface area contributed by atoms with E-state index >= 15 is 0 Å². The van der Waals surface area contributed by atoms with E-state index in [9.17, 15) is 4.79 Å². The minimum atomic E-state index is -0.625. The van der Waals surface area contributed by atoms with Crippen molar-refractivity contribution in [3.8, 4) is 0 Å². The molecule has 0 radical (unpaired) electrons. The molecule has 2 N–H and O–H groups in total. The molecule has 1 aliphatic rings. The summed E-state index contributed by atoms with van der Waals surface area (Å²) in [4.78, 5) is 10.9. The summed E-state index contributed by atoms with van der Waals surface area (Å²) in [6.45, 7) is 3.15. The van der Waals surface area contributed by atoms with E-state index in [1.54, 1.807) is 0 Å². The molecule has 0 atom stereocenters. The molecule has 3 heteroatoms. The highest BCUT2D eigenvalue weighted by Gasteiger charge is 2.25. The molecule has 2 rings (SSSR count). The van der Waals surface area contributed by atoms with Crippen LogP contribution in [-0.4, -0.2) is 23.7 Å². The fourth-order valence-corrected chi connectivity index (χ4v) is 2.91. The Bertz CT molecular complexity index is 419. The third-order valence-corrected chi connectivity index (χ3v) is 4.35. The third kappa shape index (κ3) is 4.34. The number of rotatable bonds is 6. The molecule has 1 fully saturated rings. The Morgan fingerprint density at radius 1 is 1.15 bits per heavy atom. The molecule has 20 heavy (non-hydrogen) atoms. The maximum Gasteiger partial charge on any atom is 0.306 e. The quantitative estimate of drug-likeness (QED) is 0.839. The van der Waals surface area contributed by atoms with Crippen molar-refractivity contribution in [2.24, 2.45) is 5.92 Å². The number of benzene rings is 1. The number of hydrogen-bond acceptors (Lipinski definition) is 2. The first-order valence-electron chi connectivity index (χ1n) is 7.73. The van der Waals surface area contributed by atoms with E-state index in [4.69, 9.17) is 5.11 Å². The smallest absolute Gasteiger partial charge is 0.306 e. The first kappa shape index (κ1) is 15.0. The van der Waals surface area contributed by atoms with Crippen LogP contribution >= 0.6 is 0 Å². The van der Waals surface area contributed by atoms with E-state index in [1.807, 2.05) is 0 Å². The second kappa shape index (κ2) is 7.44. The minimum Gasteiger partial charge on any atom is -0.481 e. The lowest BCUT2D eigenvalue weighted by molar-refractivity contribution is -0.142. The van der Waals surface area contributed by atoms with Crippen LogP contribution in [0.5, 0.6) is 0 Å². The molecule has 0 amide bonds. The first-order valence-corrected chi connectivity index (χ1v) is 7.73. The van der Waals surface area contributed by atoms with Crippen molar-refractivity contribution in [1.29, 1.82) is 0 Å². The Kier molecular flexibility index (Phi) is 5.60. The zero-order valence-electron chi connectivity index (χ0n) is 12.3. The number of carbonyl (C=O) groups is 1. The summed E-state index contributed by atoms with van der Waals surface area (Å²) < 4.78 is 0. The van der Waals surface area contributed by atoms with Crippen LogP contribution in [0, 0.1) is 5.92 Å². The van der Waals surface area contributed by atoms with Gasteiger partial charge in [0.1, 0.15) is 0 Å². The minimum absolute atomic E-state index is 0.116. The lowest BCUT2D eigenvalue weighted by Crippen LogP contribution is -2.36. The summed E-state index contributed by atoms with van der Waals surface area (Å²) in [5, 5.41) is 12.5. The van der Waals surface area contributed by atoms with Gasteiger partial charge in [0, 0.05) is 6.04 Å². The van der Waals surface area contributed by atoms with E-state index in [0.29, 0.717) is 6.04 Å². The van der Waals surface area contributed by atoms with Crippen molar-refractivity contribution in [1.82, 2.24) is 5.32 Å². The van der Waals surface area contributed by atoms with Crippen LogP contribution in [0.15, 0.2) is 24.3 Å². The number of aliphatic carboxylic acids is 1. The average molecular weight is 275 g/mol. The molecule has 1 aromatic rings. The Morgan fingerprint density at radius 3 is 2.30 bits per heavy atom. The van der Waals surface area contributed by atoms with E-state index in [1.165, 1.54) is 11.1 Å². The third-order valence-electron chi connectivity index (χ3n) is 4.35. The normalized spacial score (nSPS) is 22.6. The molecule has 0 heterocycles. The summed E-state index contributed by atoms with van der Waals surface area (Å²) in [5.74, 6) is -0.742. The van der Waals surface area contributed by atoms with Gasteiger partial charge in [-0.05, 0) is 56.2 Å². The summed E-state index contributed by atoms with van der Waals surface area (Å²) in [6, 6.07) is 9.32. The fraction of sp³-hybridized carbons (Fsp3) is 0.588. The van der Waals surface area contributed by atoms with Gasteiger partial charge in [-0.3, -0.25) is 4.79 Å². The van der Waals surface area contributed by atoms with E-state index in [0.717, 1.165) is 45.1 Å². The second-order valence-corrected chi connectivity index (χ2v) is 5.76. The number of hydrogen-bond donors (Lipinski definition) is 2. The van der Waals surface area contributed by atoms with Crippen LogP contribution in [0.3, 0.4) is 0 Å². The van der Waals surface area contributed by atoms with Crippen molar-refractivity contribution in [3.63, 3.8) is 0 Å². The lowest BCUT2D eigenvalue weighted by atomic mass is 9.86. The van der Waals surface area contributed by atoms with Crippen LogP contribution in [0.25, 0.3) is 0 Å². The maximum absolute atomic E-state index is 10.9. The van der Waals surface area contributed by atoms with Gasteiger partial charge in [-0.15, -0.1) is 0 Å². The van der Waals surface area contributed by atoms with Crippen molar-refractivity contribution >= 4 is 5.97 Å². The molecule has 1 aliphatic carbocycles.